The molecule has 1 fully saturated rings. The van der Waals surface area contributed by atoms with Gasteiger partial charge in [-0.2, -0.15) is 0 Å². The van der Waals surface area contributed by atoms with Crippen LogP contribution in [0.5, 0.6) is 11.5 Å². The van der Waals surface area contributed by atoms with Crippen molar-refractivity contribution in [1.82, 2.24) is 0 Å². The number of phenols is 1. The predicted octanol–water partition coefficient (Wildman–Crippen LogP) is 2.06. The number of methoxy groups -OCH3 is 1. The van der Waals surface area contributed by atoms with Gasteiger partial charge in [0.15, 0.2) is 17.3 Å². The Kier molecular flexibility index (Phi) is 2.95. The average molecular weight is 243 g/mol. The minimum Gasteiger partial charge on any atom is -0.504 e. The first-order valence-electron chi connectivity index (χ1n) is 5.51. The third kappa shape index (κ3) is 1.65. The van der Waals surface area contributed by atoms with E-state index in [1.807, 2.05) is 0 Å². The van der Waals surface area contributed by atoms with Crippen LogP contribution in [0.1, 0.15) is 24.8 Å². The Morgan fingerprint density at radius 2 is 2.06 bits per heavy atom. The van der Waals surface area contributed by atoms with Gasteiger partial charge in [-0.25, -0.2) is 8.78 Å². The molecular weight excluding hydrogens is 228 g/mol. The molecule has 0 atom stereocenters. The zero-order chi connectivity index (χ0) is 12.6. The molecule has 1 aromatic rings. The maximum absolute atomic E-state index is 13.8. The van der Waals surface area contributed by atoms with Gasteiger partial charge in [0, 0.05) is 23.6 Å². The molecule has 1 aliphatic carbocycles. The molecule has 17 heavy (non-hydrogen) atoms. The van der Waals surface area contributed by atoms with Crippen molar-refractivity contribution in [3.8, 4) is 11.5 Å². The molecule has 0 aromatic heterocycles. The Morgan fingerprint density at radius 1 is 1.41 bits per heavy atom. The molecule has 0 aliphatic heterocycles. The molecule has 3 N–H and O–H groups in total. The summed E-state index contributed by atoms with van der Waals surface area (Å²) < 4.78 is 31.9. The lowest BCUT2D eigenvalue weighted by atomic mass is 9.64. The molecule has 0 amide bonds. The lowest BCUT2D eigenvalue weighted by molar-refractivity contribution is 0.231. The van der Waals surface area contributed by atoms with E-state index in [1.165, 1.54) is 7.11 Å². The van der Waals surface area contributed by atoms with Crippen LogP contribution in [0.25, 0.3) is 0 Å². The van der Waals surface area contributed by atoms with Crippen molar-refractivity contribution in [1.29, 1.82) is 0 Å². The highest BCUT2D eigenvalue weighted by molar-refractivity contribution is 5.51. The zero-order valence-corrected chi connectivity index (χ0v) is 9.59. The number of nitrogens with two attached hydrogens (primary N) is 1. The molecule has 0 heterocycles. The SMILES string of the molecule is COc1c(F)cc(F)c(C2(CN)CCC2)c1O. The van der Waals surface area contributed by atoms with Crippen molar-refractivity contribution >= 4 is 0 Å². The fourth-order valence-electron chi connectivity index (χ4n) is 2.45. The van der Waals surface area contributed by atoms with Crippen molar-refractivity contribution in [2.75, 3.05) is 13.7 Å². The van der Waals surface area contributed by atoms with Gasteiger partial charge in [0.2, 0.25) is 0 Å². The largest absolute Gasteiger partial charge is 0.504 e. The topological polar surface area (TPSA) is 55.5 Å². The summed E-state index contributed by atoms with van der Waals surface area (Å²) in [5.41, 5.74) is 5.17. The van der Waals surface area contributed by atoms with Gasteiger partial charge in [0.1, 0.15) is 5.82 Å². The first kappa shape index (κ1) is 12.1. The molecule has 1 aromatic carbocycles. The van der Waals surface area contributed by atoms with Gasteiger partial charge in [0.05, 0.1) is 7.11 Å². The Labute approximate surface area is 98.2 Å². The fraction of sp³-hybridized carbons (Fsp3) is 0.500. The summed E-state index contributed by atoms with van der Waals surface area (Å²) in [5, 5.41) is 9.92. The summed E-state index contributed by atoms with van der Waals surface area (Å²) in [6.45, 7) is 0.228. The Hall–Kier alpha value is -1.36. The van der Waals surface area contributed by atoms with Crippen LogP contribution in [0.2, 0.25) is 0 Å². The number of aromatic hydroxyl groups is 1. The highest BCUT2D eigenvalue weighted by atomic mass is 19.1. The van der Waals surface area contributed by atoms with Crippen LogP contribution in [0.4, 0.5) is 8.78 Å². The molecule has 0 unspecified atom stereocenters. The van der Waals surface area contributed by atoms with E-state index in [0.717, 1.165) is 12.5 Å². The number of hydrogen-bond acceptors (Lipinski definition) is 3. The summed E-state index contributed by atoms with van der Waals surface area (Å²) in [4.78, 5) is 0. The standard InChI is InChI=1S/C12H15F2NO2/c1-17-11-8(14)5-7(13)9(10(11)16)12(6-15)3-2-4-12/h5,16H,2-4,6,15H2,1H3. The minimum absolute atomic E-state index is 0.0875. The van der Waals surface area contributed by atoms with Gasteiger partial charge < -0.3 is 15.6 Å². The molecular formula is C12H15F2NO2. The quantitative estimate of drug-likeness (QED) is 0.854. The van der Waals surface area contributed by atoms with E-state index in [9.17, 15) is 13.9 Å². The molecule has 1 saturated carbocycles. The second-order valence-electron chi connectivity index (χ2n) is 4.44. The summed E-state index contributed by atoms with van der Waals surface area (Å²) >= 11 is 0. The summed E-state index contributed by atoms with van der Waals surface area (Å²) in [6.07, 6.45) is 2.32. The van der Waals surface area contributed by atoms with E-state index in [0.29, 0.717) is 12.8 Å². The van der Waals surface area contributed by atoms with Crippen molar-refractivity contribution in [2.24, 2.45) is 5.73 Å². The first-order chi connectivity index (χ1) is 8.05. The maximum atomic E-state index is 13.8. The van der Waals surface area contributed by atoms with E-state index in [4.69, 9.17) is 10.5 Å². The van der Waals surface area contributed by atoms with Gasteiger partial charge in [-0.05, 0) is 12.8 Å². The molecule has 2 rings (SSSR count). The van der Waals surface area contributed by atoms with E-state index >= 15 is 0 Å². The van der Waals surface area contributed by atoms with Crippen molar-refractivity contribution in [3.05, 3.63) is 23.3 Å². The summed E-state index contributed by atoms with van der Waals surface area (Å²) in [7, 11) is 1.23. The molecule has 1 aliphatic rings. The average Bonchev–Trinajstić information content (AvgIpc) is 2.21. The lowest BCUT2D eigenvalue weighted by Crippen LogP contribution is -2.42. The Balaban J connectivity index is 2.61. The van der Waals surface area contributed by atoms with Crippen LogP contribution in [0.3, 0.4) is 0 Å². The lowest BCUT2D eigenvalue weighted by Gasteiger charge is -2.41. The Bertz CT molecular complexity index is 439. The second-order valence-corrected chi connectivity index (χ2v) is 4.44. The van der Waals surface area contributed by atoms with Crippen LogP contribution in [0, 0.1) is 11.6 Å². The first-order valence-corrected chi connectivity index (χ1v) is 5.51. The monoisotopic (exact) mass is 243 g/mol. The number of halogens is 2. The van der Waals surface area contributed by atoms with Crippen LogP contribution in [0.15, 0.2) is 6.07 Å². The smallest absolute Gasteiger partial charge is 0.197 e. The normalized spacial score (nSPS) is 17.6. The van der Waals surface area contributed by atoms with E-state index in [2.05, 4.69) is 0 Å². The molecule has 5 heteroatoms. The van der Waals surface area contributed by atoms with Gasteiger partial charge >= 0.3 is 0 Å². The van der Waals surface area contributed by atoms with Gasteiger partial charge in [-0.15, -0.1) is 0 Å². The number of hydrogen-bond donors (Lipinski definition) is 2. The fourth-order valence-corrected chi connectivity index (χ4v) is 2.45. The van der Waals surface area contributed by atoms with Gasteiger partial charge in [-0.3, -0.25) is 0 Å². The van der Waals surface area contributed by atoms with Crippen LogP contribution in [-0.4, -0.2) is 18.8 Å². The van der Waals surface area contributed by atoms with Crippen molar-refractivity contribution < 1.29 is 18.6 Å². The van der Waals surface area contributed by atoms with Crippen LogP contribution < -0.4 is 10.5 Å². The number of phenolic OH excluding ortho intramolecular Hbond substituents is 1. The maximum Gasteiger partial charge on any atom is 0.197 e. The van der Waals surface area contributed by atoms with Gasteiger partial charge in [-0.1, -0.05) is 6.42 Å². The minimum atomic E-state index is -0.905. The number of benzene rings is 1. The van der Waals surface area contributed by atoms with Gasteiger partial charge in [0.25, 0.3) is 0 Å². The third-order valence-corrected chi connectivity index (χ3v) is 3.60. The summed E-state index contributed by atoms with van der Waals surface area (Å²) in [5.74, 6) is -2.44. The zero-order valence-electron chi connectivity index (χ0n) is 9.59. The van der Waals surface area contributed by atoms with Crippen LogP contribution in [-0.2, 0) is 5.41 Å². The van der Waals surface area contributed by atoms with Crippen molar-refractivity contribution in [2.45, 2.75) is 24.7 Å². The highest BCUT2D eigenvalue weighted by Crippen LogP contribution is 2.50. The van der Waals surface area contributed by atoms with E-state index < -0.39 is 22.8 Å². The van der Waals surface area contributed by atoms with Crippen molar-refractivity contribution in [3.63, 3.8) is 0 Å². The third-order valence-electron chi connectivity index (χ3n) is 3.60. The number of ether oxygens (including phenoxy) is 1. The molecule has 3 nitrogen and oxygen atoms in total. The molecule has 0 bridgehead atoms. The second kappa shape index (κ2) is 4.14. The van der Waals surface area contributed by atoms with Crippen LogP contribution >= 0.6 is 0 Å². The predicted molar refractivity (Wildman–Crippen MR) is 59.2 cm³/mol. The molecule has 0 saturated heterocycles. The molecule has 0 spiro atoms. The van der Waals surface area contributed by atoms with E-state index in [-0.39, 0.29) is 17.9 Å². The summed E-state index contributed by atoms with van der Waals surface area (Å²) in [6, 6.07) is 0.740. The number of rotatable bonds is 3. The molecule has 94 valence electrons. The Morgan fingerprint density at radius 3 is 2.47 bits per heavy atom. The van der Waals surface area contributed by atoms with E-state index in [1.54, 1.807) is 0 Å². The molecule has 0 radical (unpaired) electrons. The highest BCUT2D eigenvalue weighted by Gasteiger charge is 2.42.